The molecule has 1 saturated heterocycles. The summed E-state index contributed by atoms with van der Waals surface area (Å²) in [5, 5.41) is 2.99. The zero-order valence-corrected chi connectivity index (χ0v) is 20.0. The van der Waals surface area contributed by atoms with Crippen LogP contribution in [0.4, 0.5) is 13.2 Å². The van der Waals surface area contributed by atoms with E-state index in [4.69, 9.17) is 4.74 Å². The molecule has 10 heteroatoms. The third-order valence-corrected chi connectivity index (χ3v) is 7.15. The van der Waals surface area contributed by atoms with Crippen LogP contribution in [-0.2, 0) is 17.9 Å². The van der Waals surface area contributed by atoms with E-state index >= 15 is 0 Å². The topological polar surface area (TPSA) is 63.6 Å². The van der Waals surface area contributed by atoms with Crippen LogP contribution in [0.15, 0.2) is 35.2 Å². The molecule has 0 spiro atoms. The van der Waals surface area contributed by atoms with Gasteiger partial charge in [-0.05, 0) is 61.7 Å². The molecular formula is C24H28F3N3O3S. The number of nitrogens with one attached hydrogen (secondary N) is 1. The van der Waals surface area contributed by atoms with Crippen molar-refractivity contribution in [3.8, 4) is 0 Å². The van der Waals surface area contributed by atoms with Gasteiger partial charge < -0.3 is 19.5 Å². The number of ether oxygens (including phenoxy) is 1. The third-order valence-electron chi connectivity index (χ3n) is 6.41. The van der Waals surface area contributed by atoms with Crippen molar-refractivity contribution >= 4 is 23.6 Å². The molecule has 2 unspecified atom stereocenters. The Labute approximate surface area is 200 Å². The lowest BCUT2D eigenvalue weighted by Gasteiger charge is -2.24. The first kappa shape index (κ1) is 24.7. The fraction of sp³-hybridized carbons (Fsp3) is 0.500. The molecule has 0 bridgehead atoms. The number of carbonyl (C=O) groups is 2. The number of hydrogen-bond donors (Lipinski definition) is 1. The summed E-state index contributed by atoms with van der Waals surface area (Å²) in [6.45, 7) is 5.85. The second-order valence-electron chi connectivity index (χ2n) is 8.64. The van der Waals surface area contributed by atoms with E-state index in [9.17, 15) is 22.8 Å². The molecular weight excluding hydrogens is 467 g/mol. The number of carbonyl (C=O) groups excluding carboxylic acids is 2. The van der Waals surface area contributed by atoms with Gasteiger partial charge in [0.25, 0.3) is 11.8 Å². The van der Waals surface area contributed by atoms with Crippen molar-refractivity contribution in [1.29, 1.82) is 0 Å². The number of benzene rings is 1. The van der Waals surface area contributed by atoms with Crippen molar-refractivity contribution in [1.82, 2.24) is 14.8 Å². The highest BCUT2D eigenvalue weighted by Gasteiger charge is 2.33. The monoisotopic (exact) mass is 495 g/mol. The molecule has 1 N–H and O–H groups in total. The Balaban J connectivity index is 1.55. The summed E-state index contributed by atoms with van der Waals surface area (Å²) in [4.78, 5) is 28.5. The van der Waals surface area contributed by atoms with Crippen LogP contribution in [-0.4, -0.2) is 46.0 Å². The largest absolute Gasteiger partial charge is 0.446 e. The lowest BCUT2D eigenvalue weighted by molar-refractivity contribution is -0.0328. The van der Waals surface area contributed by atoms with Crippen molar-refractivity contribution in [2.45, 2.75) is 68.7 Å². The molecule has 1 fully saturated rings. The van der Waals surface area contributed by atoms with Crippen LogP contribution in [0.3, 0.4) is 0 Å². The Hall–Kier alpha value is -2.46. The van der Waals surface area contributed by atoms with Gasteiger partial charge in [0.15, 0.2) is 0 Å². The van der Waals surface area contributed by atoms with E-state index in [2.05, 4.69) is 5.32 Å². The maximum atomic E-state index is 13.3. The molecule has 2 amide bonds. The minimum absolute atomic E-state index is 0.0722. The first-order valence-corrected chi connectivity index (χ1v) is 12.3. The highest BCUT2D eigenvalue weighted by molar-refractivity contribution is 8.00. The minimum atomic E-state index is -4.35. The normalized spacial score (nSPS) is 19.1. The van der Waals surface area contributed by atoms with Crippen LogP contribution in [0.2, 0.25) is 0 Å². The average molecular weight is 496 g/mol. The first-order chi connectivity index (χ1) is 16.2. The number of nitrogens with zero attached hydrogens (tertiary/aromatic N) is 2. The Morgan fingerprint density at radius 2 is 1.97 bits per heavy atom. The van der Waals surface area contributed by atoms with E-state index in [0.29, 0.717) is 48.6 Å². The molecule has 3 heterocycles. The van der Waals surface area contributed by atoms with Gasteiger partial charge in [-0.1, -0.05) is 19.1 Å². The second-order valence-corrected chi connectivity index (χ2v) is 9.77. The van der Waals surface area contributed by atoms with Crippen LogP contribution < -0.4 is 5.32 Å². The SMILES string of the molecule is CCC(NC(=O)c1cc(C(=O)N2CCCC2C)n2c1COCC2)c1ccc(SC(F)(F)F)cc1. The zero-order valence-electron chi connectivity index (χ0n) is 19.2. The number of fused-ring (bicyclic) bond motifs is 1. The van der Waals surface area contributed by atoms with Crippen molar-refractivity contribution in [3.63, 3.8) is 0 Å². The van der Waals surface area contributed by atoms with E-state index in [-0.39, 0.29) is 47.2 Å². The molecule has 1 aromatic heterocycles. The van der Waals surface area contributed by atoms with Crippen LogP contribution in [0.25, 0.3) is 0 Å². The van der Waals surface area contributed by atoms with Crippen LogP contribution in [0, 0.1) is 0 Å². The van der Waals surface area contributed by atoms with E-state index in [0.717, 1.165) is 12.8 Å². The quantitative estimate of drug-likeness (QED) is 0.564. The lowest BCUT2D eigenvalue weighted by atomic mass is 10.0. The fourth-order valence-electron chi connectivity index (χ4n) is 4.64. The van der Waals surface area contributed by atoms with Gasteiger partial charge >= 0.3 is 5.51 Å². The smallest absolute Gasteiger partial charge is 0.373 e. The number of likely N-dealkylation sites (tertiary alicyclic amines) is 1. The Bertz CT molecular complexity index is 1050. The number of halogens is 3. The maximum absolute atomic E-state index is 13.3. The van der Waals surface area contributed by atoms with Crippen molar-refractivity contribution in [2.24, 2.45) is 0 Å². The summed E-state index contributed by atoms with van der Waals surface area (Å²) in [5.41, 5.74) is -2.06. The van der Waals surface area contributed by atoms with Crippen molar-refractivity contribution < 1.29 is 27.5 Å². The average Bonchev–Trinajstić information content (AvgIpc) is 3.40. The number of thioether (sulfide) groups is 1. The minimum Gasteiger partial charge on any atom is -0.373 e. The predicted octanol–water partition coefficient (Wildman–Crippen LogP) is 5.14. The van der Waals surface area contributed by atoms with Crippen LogP contribution in [0.5, 0.6) is 0 Å². The van der Waals surface area contributed by atoms with E-state index < -0.39 is 5.51 Å². The first-order valence-electron chi connectivity index (χ1n) is 11.5. The van der Waals surface area contributed by atoms with E-state index in [1.807, 2.05) is 23.3 Å². The molecule has 0 saturated carbocycles. The van der Waals surface area contributed by atoms with Gasteiger partial charge in [0, 0.05) is 24.0 Å². The van der Waals surface area contributed by atoms with Gasteiger partial charge in [-0.15, -0.1) is 0 Å². The highest BCUT2D eigenvalue weighted by atomic mass is 32.2. The van der Waals surface area contributed by atoms with Gasteiger partial charge in [0.1, 0.15) is 5.69 Å². The summed E-state index contributed by atoms with van der Waals surface area (Å²) in [5.74, 6) is -0.402. The van der Waals surface area contributed by atoms with Crippen LogP contribution >= 0.6 is 11.8 Å². The predicted molar refractivity (Wildman–Crippen MR) is 123 cm³/mol. The highest BCUT2D eigenvalue weighted by Crippen LogP contribution is 2.37. The second kappa shape index (κ2) is 10.0. The molecule has 34 heavy (non-hydrogen) atoms. The summed E-state index contributed by atoms with van der Waals surface area (Å²) in [6, 6.07) is 7.46. The summed E-state index contributed by atoms with van der Waals surface area (Å²) in [7, 11) is 0. The summed E-state index contributed by atoms with van der Waals surface area (Å²) in [6.07, 6.45) is 2.49. The molecule has 1 aromatic carbocycles. The molecule has 2 aliphatic heterocycles. The van der Waals surface area contributed by atoms with Gasteiger partial charge in [-0.2, -0.15) is 13.2 Å². The zero-order chi connectivity index (χ0) is 24.5. The third kappa shape index (κ3) is 5.27. The summed E-state index contributed by atoms with van der Waals surface area (Å²) < 4.78 is 45.3. The number of rotatable bonds is 6. The Morgan fingerprint density at radius 1 is 1.24 bits per heavy atom. The van der Waals surface area contributed by atoms with Crippen LogP contribution in [0.1, 0.15) is 71.3 Å². The molecule has 6 nitrogen and oxygen atoms in total. The molecule has 4 rings (SSSR count). The van der Waals surface area contributed by atoms with Crippen molar-refractivity contribution in [3.05, 3.63) is 52.8 Å². The van der Waals surface area contributed by atoms with Gasteiger partial charge in [-0.25, -0.2) is 0 Å². The van der Waals surface area contributed by atoms with E-state index in [1.54, 1.807) is 18.2 Å². The molecule has 2 atom stereocenters. The van der Waals surface area contributed by atoms with Gasteiger partial charge in [0.2, 0.25) is 0 Å². The number of hydrogen-bond acceptors (Lipinski definition) is 4. The van der Waals surface area contributed by atoms with E-state index in [1.165, 1.54) is 12.1 Å². The Morgan fingerprint density at radius 3 is 2.59 bits per heavy atom. The lowest BCUT2D eigenvalue weighted by Crippen LogP contribution is -2.35. The fourth-order valence-corrected chi connectivity index (χ4v) is 5.18. The number of amides is 2. The summed E-state index contributed by atoms with van der Waals surface area (Å²) >= 11 is -0.169. The molecule has 2 aromatic rings. The maximum Gasteiger partial charge on any atom is 0.446 e. The Kier molecular flexibility index (Phi) is 7.28. The number of aromatic nitrogens is 1. The van der Waals surface area contributed by atoms with Gasteiger partial charge in [0.05, 0.1) is 30.5 Å². The molecule has 2 aliphatic rings. The standard InChI is InChI=1S/C24H28F3N3O3S/c1-3-19(16-6-8-17(9-7-16)34-24(25,26)27)28-22(31)18-13-20(30-11-12-33-14-21(18)30)23(32)29-10-4-5-15(29)2/h6-9,13,15,19H,3-5,10-12,14H2,1-2H3,(H,28,31). The number of alkyl halides is 3. The molecule has 184 valence electrons. The van der Waals surface area contributed by atoms with Crippen molar-refractivity contribution in [2.75, 3.05) is 13.2 Å². The molecule has 0 aliphatic carbocycles. The molecule has 0 radical (unpaired) electrons. The van der Waals surface area contributed by atoms with Gasteiger partial charge in [-0.3, -0.25) is 9.59 Å².